The lowest BCUT2D eigenvalue weighted by molar-refractivity contribution is 0.712. The van der Waals surface area contributed by atoms with Gasteiger partial charge in [0.25, 0.3) is 0 Å². The Hall–Kier alpha value is -1.49. The van der Waals surface area contributed by atoms with Crippen LogP contribution in [0.3, 0.4) is 0 Å². The van der Waals surface area contributed by atoms with Crippen molar-refractivity contribution in [1.29, 1.82) is 0 Å². The van der Waals surface area contributed by atoms with Gasteiger partial charge in [-0.3, -0.25) is 0 Å². The maximum Gasteiger partial charge on any atom is 0.209 e. The Labute approximate surface area is 118 Å². The predicted molar refractivity (Wildman–Crippen MR) is 79.7 cm³/mol. The van der Waals surface area contributed by atoms with Gasteiger partial charge in [0.05, 0.1) is 0 Å². The van der Waals surface area contributed by atoms with Crippen LogP contribution in [-0.2, 0) is 12.8 Å². The first kappa shape index (κ1) is 13.9. The van der Waals surface area contributed by atoms with Crippen LogP contribution in [0, 0.1) is 0 Å². The van der Waals surface area contributed by atoms with E-state index in [4.69, 9.17) is 5.84 Å². The van der Waals surface area contributed by atoms with E-state index >= 15 is 0 Å². The first-order valence-corrected chi connectivity index (χ1v) is 7.66. The van der Waals surface area contributed by atoms with E-state index in [0.29, 0.717) is 0 Å². The number of hydrogen-bond acceptors (Lipinski definition) is 4. The molecular weight excluding hydrogens is 256 g/mol. The number of aryl methyl sites for hydroxylation is 2. The van der Waals surface area contributed by atoms with Crippen LogP contribution >= 0.6 is 11.8 Å². The molecule has 19 heavy (non-hydrogen) atoms. The lowest BCUT2D eigenvalue weighted by Gasteiger charge is -2.03. The summed E-state index contributed by atoms with van der Waals surface area (Å²) < 4.78 is 1.63. The molecule has 0 fully saturated rings. The van der Waals surface area contributed by atoms with Gasteiger partial charge in [0.2, 0.25) is 5.16 Å². The summed E-state index contributed by atoms with van der Waals surface area (Å²) >= 11 is 1.66. The summed E-state index contributed by atoms with van der Waals surface area (Å²) in [5, 5.41) is 9.10. The molecule has 5 heteroatoms. The Bertz CT molecular complexity index is 495. The fraction of sp³-hybridized carbons (Fsp3) is 0.429. The molecule has 2 aromatic rings. The second-order valence-electron chi connectivity index (χ2n) is 4.46. The first-order chi connectivity index (χ1) is 9.31. The molecule has 0 bridgehead atoms. The van der Waals surface area contributed by atoms with Crippen molar-refractivity contribution in [3.8, 4) is 0 Å². The van der Waals surface area contributed by atoms with Crippen molar-refractivity contribution in [3.63, 3.8) is 0 Å². The van der Waals surface area contributed by atoms with E-state index in [-0.39, 0.29) is 0 Å². The van der Waals surface area contributed by atoms with Crippen molar-refractivity contribution in [1.82, 2.24) is 14.9 Å². The molecule has 0 spiro atoms. The quantitative estimate of drug-likeness (QED) is 0.624. The summed E-state index contributed by atoms with van der Waals surface area (Å²) in [6.07, 6.45) is 4.16. The third-order valence-corrected chi connectivity index (χ3v) is 3.90. The van der Waals surface area contributed by atoms with Crippen LogP contribution in [0.15, 0.2) is 35.5 Å². The highest BCUT2D eigenvalue weighted by molar-refractivity contribution is 7.99. The summed E-state index contributed by atoms with van der Waals surface area (Å²) in [5.41, 5.74) is 1.34. The average Bonchev–Trinajstić information content (AvgIpc) is 2.79. The molecule has 0 amide bonds. The smallest absolute Gasteiger partial charge is 0.209 e. The second-order valence-corrected chi connectivity index (χ2v) is 5.52. The van der Waals surface area contributed by atoms with Crippen LogP contribution in [0.5, 0.6) is 0 Å². The van der Waals surface area contributed by atoms with Crippen molar-refractivity contribution in [2.45, 2.75) is 37.8 Å². The number of benzene rings is 1. The highest BCUT2D eigenvalue weighted by Gasteiger charge is 2.09. The van der Waals surface area contributed by atoms with Crippen LogP contribution < -0.4 is 5.84 Å². The fourth-order valence-electron chi connectivity index (χ4n) is 1.82. The second kappa shape index (κ2) is 7.19. The lowest BCUT2D eigenvalue weighted by Crippen LogP contribution is -2.14. The van der Waals surface area contributed by atoms with Crippen LogP contribution in [0.2, 0.25) is 0 Å². The number of nitrogen functional groups attached to an aromatic ring is 1. The Morgan fingerprint density at radius 2 is 1.95 bits per heavy atom. The van der Waals surface area contributed by atoms with E-state index in [9.17, 15) is 0 Å². The van der Waals surface area contributed by atoms with Gasteiger partial charge in [0, 0.05) is 12.2 Å². The molecule has 0 aliphatic heterocycles. The Kier molecular flexibility index (Phi) is 5.27. The molecule has 1 aromatic carbocycles. The zero-order valence-electron chi connectivity index (χ0n) is 11.2. The molecule has 0 aliphatic carbocycles. The van der Waals surface area contributed by atoms with Gasteiger partial charge in [0.15, 0.2) is 5.82 Å². The molecule has 0 aliphatic rings. The highest BCUT2D eigenvalue weighted by Crippen LogP contribution is 2.17. The number of rotatable bonds is 7. The van der Waals surface area contributed by atoms with Gasteiger partial charge in [-0.25, -0.2) is 4.68 Å². The monoisotopic (exact) mass is 276 g/mol. The summed E-state index contributed by atoms with van der Waals surface area (Å²) in [6, 6.07) is 10.4. The summed E-state index contributed by atoms with van der Waals surface area (Å²) in [4.78, 5) is 0. The van der Waals surface area contributed by atoms with E-state index in [2.05, 4.69) is 41.4 Å². The Morgan fingerprint density at radius 1 is 1.16 bits per heavy atom. The minimum Gasteiger partial charge on any atom is -0.336 e. The topological polar surface area (TPSA) is 56.7 Å². The SMILES string of the molecule is CCCCc1nnc(SCCc2ccccc2)n1N. The number of thioether (sulfide) groups is 1. The molecule has 102 valence electrons. The zero-order chi connectivity index (χ0) is 13.5. The van der Waals surface area contributed by atoms with Crippen LogP contribution in [-0.4, -0.2) is 20.6 Å². The predicted octanol–water partition coefficient (Wildman–Crippen LogP) is 2.67. The minimum absolute atomic E-state index is 0.807. The maximum absolute atomic E-state index is 5.99. The van der Waals surface area contributed by atoms with E-state index in [1.165, 1.54) is 5.56 Å². The van der Waals surface area contributed by atoms with Gasteiger partial charge in [-0.1, -0.05) is 55.4 Å². The minimum atomic E-state index is 0.807. The summed E-state index contributed by atoms with van der Waals surface area (Å²) in [7, 11) is 0. The molecule has 0 saturated heterocycles. The van der Waals surface area contributed by atoms with E-state index in [1.807, 2.05) is 6.07 Å². The molecule has 4 nitrogen and oxygen atoms in total. The van der Waals surface area contributed by atoms with Gasteiger partial charge in [0.1, 0.15) is 0 Å². The van der Waals surface area contributed by atoms with Crippen molar-refractivity contribution in [2.24, 2.45) is 0 Å². The van der Waals surface area contributed by atoms with Gasteiger partial charge < -0.3 is 5.84 Å². The number of hydrogen-bond donors (Lipinski definition) is 1. The van der Waals surface area contributed by atoms with Crippen molar-refractivity contribution < 1.29 is 0 Å². The van der Waals surface area contributed by atoms with Gasteiger partial charge in [-0.05, 0) is 18.4 Å². The normalized spacial score (nSPS) is 10.8. The van der Waals surface area contributed by atoms with Crippen LogP contribution in [0.25, 0.3) is 0 Å². The van der Waals surface area contributed by atoms with Gasteiger partial charge >= 0.3 is 0 Å². The van der Waals surface area contributed by atoms with Crippen molar-refractivity contribution >= 4 is 11.8 Å². The van der Waals surface area contributed by atoms with E-state index < -0.39 is 0 Å². The van der Waals surface area contributed by atoms with Crippen molar-refractivity contribution in [2.75, 3.05) is 11.6 Å². The average molecular weight is 276 g/mol. The molecule has 1 heterocycles. The van der Waals surface area contributed by atoms with Gasteiger partial charge in [-0.15, -0.1) is 10.2 Å². The molecule has 0 unspecified atom stereocenters. The lowest BCUT2D eigenvalue weighted by atomic mass is 10.2. The zero-order valence-corrected chi connectivity index (χ0v) is 12.1. The fourth-order valence-corrected chi connectivity index (χ4v) is 2.68. The molecule has 2 rings (SSSR count). The first-order valence-electron chi connectivity index (χ1n) is 6.67. The summed E-state index contributed by atoms with van der Waals surface area (Å²) in [5.74, 6) is 7.84. The molecule has 0 atom stereocenters. The number of nitrogens with zero attached hydrogens (tertiary/aromatic N) is 3. The van der Waals surface area contributed by atoms with E-state index in [1.54, 1.807) is 16.4 Å². The van der Waals surface area contributed by atoms with Crippen LogP contribution in [0.4, 0.5) is 0 Å². The standard InChI is InChI=1S/C14H20N4S/c1-2-3-9-13-16-17-14(18(13)15)19-11-10-12-7-5-4-6-8-12/h4-8H,2-3,9-11,15H2,1H3. The van der Waals surface area contributed by atoms with Gasteiger partial charge in [-0.2, -0.15) is 0 Å². The molecule has 1 aromatic heterocycles. The third-order valence-electron chi connectivity index (χ3n) is 2.95. The van der Waals surface area contributed by atoms with E-state index in [0.717, 1.165) is 42.4 Å². The Morgan fingerprint density at radius 3 is 2.68 bits per heavy atom. The highest BCUT2D eigenvalue weighted by atomic mass is 32.2. The summed E-state index contributed by atoms with van der Waals surface area (Å²) in [6.45, 7) is 2.16. The number of aromatic nitrogens is 3. The number of unbranched alkanes of at least 4 members (excludes halogenated alkanes) is 1. The molecule has 0 saturated carbocycles. The third kappa shape index (κ3) is 3.99. The van der Waals surface area contributed by atoms with Crippen molar-refractivity contribution in [3.05, 3.63) is 41.7 Å². The largest absolute Gasteiger partial charge is 0.336 e. The van der Waals surface area contributed by atoms with Crippen LogP contribution in [0.1, 0.15) is 31.2 Å². The maximum atomic E-state index is 5.99. The number of nitrogens with two attached hydrogens (primary N) is 1. The molecular formula is C14H20N4S. The molecule has 0 radical (unpaired) electrons. The Balaban J connectivity index is 1.84. The molecule has 2 N–H and O–H groups in total.